The van der Waals surface area contributed by atoms with E-state index in [2.05, 4.69) is 24.8 Å². The highest BCUT2D eigenvalue weighted by Crippen LogP contribution is 2.44. The second-order valence-electron chi connectivity index (χ2n) is 12.4. The van der Waals surface area contributed by atoms with Crippen molar-refractivity contribution < 1.29 is 18.3 Å². The first kappa shape index (κ1) is 28.0. The first-order valence-electron chi connectivity index (χ1n) is 15.1. The minimum absolute atomic E-state index is 0.150. The lowest BCUT2D eigenvalue weighted by atomic mass is 9.67. The van der Waals surface area contributed by atoms with Gasteiger partial charge in [-0.2, -0.15) is 8.78 Å². The maximum absolute atomic E-state index is 12.3. The van der Waals surface area contributed by atoms with Crippen molar-refractivity contribution in [3.05, 3.63) is 37.0 Å². The molecule has 3 saturated carbocycles. The summed E-state index contributed by atoms with van der Waals surface area (Å²) in [4.78, 5) is 0. The van der Waals surface area contributed by atoms with E-state index in [1.807, 2.05) is 0 Å². The van der Waals surface area contributed by atoms with Crippen molar-refractivity contribution in [1.29, 1.82) is 0 Å². The van der Waals surface area contributed by atoms with Gasteiger partial charge in [0.15, 0.2) is 6.29 Å². The molecule has 204 valence electrons. The van der Waals surface area contributed by atoms with E-state index in [1.165, 1.54) is 83.5 Å². The highest BCUT2D eigenvalue weighted by Gasteiger charge is 2.35. The van der Waals surface area contributed by atoms with E-state index < -0.39 is 6.08 Å². The summed E-state index contributed by atoms with van der Waals surface area (Å²) in [5, 5.41) is 0. The van der Waals surface area contributed by atoms with Crippen LogP contribution in [0.4, 0.5) is 8.78 Å². The fourth-order valence-electron chi connectivity index (χ4n) is 7.65. The molecule has 36 heavy (non-hydrogen) atoms. The van der Waals surface area contributed by atoms with Crippen molar-refractivity contribution in [3.8, 4) is 0 Å². The van der Waals surface area contributed by atoms with Gasteiger partial charge in [0.2, 0.25) is 0 Å². The SMILES string of the molecule is C=CCCC1CCC(C=CC2OCC(C3CCC(C4CCC(CCC=C(F)F)CC4)CC3)CO2)CC1. The van der Waals surface area contributed by atoms with Gasteiger partial charge in [0.05, 0.1) is 13.2 Å². The predicted octanol–water partition coefficient (Wildman–Crippen LogP) is 9.48. The molecule has 1 saturated heterocycles. The Balaban J connectivity index is 1.08. The van der Waals surface area contributed by atoms with E-state index in [0.29, 0.717) is 24.2 Å². The molecule has 0 amide bonds. The van der Waals surface area contributed by atoms with E-state index >= 15 is 0 Å². The Labute approximate surface area is 219 Å². The van der Waals surface area contributed by atoms with Crippen LogP contribution in [0.15, 0.2) is 37.0 Å². The minimum atomic E-state index is -1.52. The maximum atomic E-state index is 12.3. The molecule has 0 N–H and O–H groups in total. The van der Waals surface area contributed by atoms with Gasteiger partial charge in [-0.15, -0.1) is 6.58 Å². The molecular formula is C32H50F2O2. The van der Waals surface area contributed by atoms with Crippen LogP contribution in [-0.2, 0) is 9.47 Å². The van der Waals surface area contributed by atoms with Crippen LogP contribution in [0.1, 0.15) is 103 Å². The van der Waals surface area contributed by atoms with Crippen molar-refractivity contribution in [2.75, 3.05) is 13.2 Å². The number of allylic oxidation sites excluding steroid dienone is 3. The number of ether oxygens (including phenoxy) is 2. The van der Waals surface area contributed by atoms with Crippen molar-refractivity contribution in [2.45, 2.75) is 109 Å². The number of rotatable bonds is 10. The van der Waals surface area contributed by atoms with Gasteiger partial charge < -0.3 is 9.47 Å². The molecule has 4 aliphatic rings. The summed E-state index contributed by atoms with van der Waals surface area (Å²) >= 11 is 0. The Morgan fingerprint density at radius 1 is 0.639 bits per heavy atom. The standard InChI is InChI=1S/C32H50F2O2/c1-2-3-5-24-8-10-26(11-9-24)14-21-32-35-22-30(23-36-32)29-19-17-28(18-20-29)27-15-12-25(13-16-27)6-4-7-31(33)34/h2,7,14,21,24-30,32H,1,3-6,8-13,15-20,22-23H2. The van der Waals surface area contributed by atoms with Crippen molar-refractivity contribution in [2.24, 2.45) is 41.4 Å². The second-order valence-corrected chi connectivity index (χ2v) is 12.4. The fourth-order valence-corrected chi connectivity index (χ4v) is 7.65. The van der Waals surface area contributed by atoms with Crippen molar-refractivity contribution >= 4 is 0 Å². The molecule has 4 heteroatoms. The summed E-state index contributed by atoms with van der Waals surface area (Å²) in [6, 6.07) is 0. The zero-order chi connectivity index (χ0) is 25.2. The first-order valence-corrected chi connectivity index (χ1v) is 15.1. The Morgan fingerprint density at radius 2 is 1.14 bits per heavy atom. The van der Waals surface area contributed by atoms with Crippen LogP contribution in [0.3, 0.4) is 0 Å². The number of hydrogen-bond acceptors (Lipinski definition) is 2. The van der Waals surface area contributed by atoms with E-state index in [4.69, 9.17) is 9.47 Å². The monoisotopic (exact) mass is 504 g/mol. The molecule has 0 unspecified atom stereocenters. The molecule has 0 aromatic carbocycles. The van der Waals surface area contributed by atoms with E-state index in [1.54, 1.807) is 0 Å². The molecule has 2 nitrogen and oxygen atoms in total. The zero-order valence-corrected chi connectivity index (χ0v) is 22.4. The van der Waals surface area contributed by atoms with Crippen LogP contribution in [0.2, 0.25) is 0 Å². The van der Waals surface area contributed by atoms with Gasteiger partial charge in [-0.3, -0.25) is 0 Å². The van der Waals surface area contributed by atoms with Gasteiger partial charge in [-0.05, 0) is 138 Å². The van der Waals surface area contributed by atoms with Crippen LogP contribution in [0.5, 0.6) is 0 Å². The lowest BCUT2D eigenvalue weighted by molar-refractivity contribution is -0.186. The summed E-state index contributed by atoms with van der Waals surface area (Å²) in [5.74, 6) is 5.27. The summed E-state index contributed by atoms with van der Waals surface area (Å²) < 4.78 is 36.8. The molecule has 0 bridgehead atoms. The molecular weight excluding hydrogens is 454 g/mol. The summed E-state index contributed by atoms with van der Waals surface area (Å²) in [7, 11) is 0. The van der Waals surface area contributed by atoms with Gasteiger partial charge >= 0.3 is 0 Å². The Bertz CT molecular complexity index is 683. The number of halogens is 2. The third kappa shape index (κ3) is 8.79. The lowest BCUT2D eigenvalue weighted by Crippen LogP contribution is -2.37. The molecule has 4 rings (SSSR count). The normalized spacial score (nSPS) is 38.1. The predicted molar refractivity (Wildman–Crippen MR) is 144 cm³/mol. The largest absolute Gasteiger partial charge is 0.349 e. The first-order chi connectivity index (χ1) is 17.6. The topological polar surface area (TPSA) is 18.5 Å². The number of hydrogen-bond donors (Lipinski definition) is 0. The van der Waals surface area contributed by atoms with Crippen LogP contribution in [-0.4, -0.2) is 19.5 Å². The van der Waals surface area contributed by atoms with E-state index in [9.17, 15) is 8.78 Å². The third-order valence-electron chi connectivity index (χ3n) is 10.1. The Morgan fingerprint density at radius 3 is 1.69 bits per heavy atom. The van der Waals surface area contributed by atoms with E-state index in [0.717, 1.165) is 55.8 Å². The molecule has 0 aromatic rings. The summed E-state index contributed by atoms with van der Waals surface area (Å²) in [6.45, 7) is 5.55. The van der Waals surface area contributed by atoms with Crippen molar-refractivity contribution in [1.82, 2.24) is 0 Å². The molecule has 1 heterocycles. The van der Waals surface area contributed by atoms with Crippen LogP contribution in [0, 0.1) is 41.4 Å². The van der Waals surface area contributed by atoms with Crippen LogP contribution in [0.25, 0.3) is 0 Å². The lowest BCUT2D eigenvalue weighted by Gasteiger charge is -2.41. The maximum Gasteiger partial charge on any atom is 0.266 e. The molecule has 1 aliphatic heterocycles. The minimum Gasteiger partial charge on any atom is -0.349 e. The van der Waals surface area contributed by atoms with Crippen LogP contribution < -0.4 is 0 Å². The molecule has 0 atom stereocenters. The molecule has 0 aromatic heterocycles. The van der Waals surface area contributed by atoms with Gasteiger partial charge in [0, 0.05) is 5.92 Å². The molecule has 4 fully saturated rings. The van der Waals surface area contributed by atoms with Gasteiger partial charge in [-0.25, -0.2) is 0 Å². The van der Waals surface area contributed by atoms with Gasteiger partial charge in [0.1, 0.15) is 0 Å². The molecule has 3 aliphatic carbocycles. The quantitative estimate of drug-likeness (QED) is 0.276. The van der Waals surface area contributed by atoms with Gasteiger partial charge in [-0.1, -0.05) is 25.0 Å². The summed E-state index contributed by atoms with van der Waals surface area (Å²) in [6.07, 6.45) is 25.7. The fraction of sp³-hybridized carbons (Fsp3) is 0.812. The van der Waals surface area contributed by atoms with Crippen molar-refractivity contribution in [3.63, 3.8) is 0 Å². The van der Waals surface area contributed by atoms with Gasteiger partial charge in [0.25, 0.3) is 6.08 Å². The Hall–Kier alpha value is -1.00. The molecule has 0 spiro atoms. The summed E-state index contributed by atoms with van der Waals surface area (Å²) in [5.41, 5.74) is 0. The molecule has 0 radical (unpaired) electrons. The van der Waals surface area contributed by atoms with E-state index in [-0.39, 0.29) is 6.29 Å². The average molecular weight is 505 g/mol. The third-order valence-corrected chi connectivity index (χ3v) is 10.1. The zero-order valence-electron chi connectivity index (χ0n) is 22.4. The average Bonchev–Trinajstić information content (AvgIpc) is 2.92. The Kier molecular flexibility index (Phi) is 11.5. The highest BCUT2D eigenvalue weighted by molar-refractivity contribution is 4.95. The smallest absolute Gasteiger partial charge is 0.266 e. The second kappa shape index (κ2) is 14.8. The highest BCUT2D eigenvalue weighted by atomic mass is 19.3. The van der Waals surface area contributed by atoms with Crippen LogP contribution >= 0.6 is 0 Å².